The van der Waals surface area contributed by atoms with Crippen LogP contribution in [0.15, 0.2) is 91.7 Å². The van der Waals surface area contributed by atoms with Gasteiger partial charge in [0.25, 0.3) is 0 Å². The van der Waals surface area contributed by atoms with Crippen LogP contribution in [0.25, 0.3) is 10.9 Å². The van der Waals surface area contributed by atoms with Crippen molar-refractivity contribution in [2.75, 3.05) is 13.6 Å². The van der Waals surface area contributed by atoms with E-state index in [4.69, 9.17) is 0 Å². The van der Waals surface area contributed by atoms with Gasteiger partial charge < -0.3 is 21.1 Å². The number of aliphatic hydroxyl groups is 1. The molecule has 2 heterocycles. The molecule has 1 fully saturated rings. The second-order valence-corrected chi connectivity index (χ2v) is 9.06. The van der Waals surface area contributed by atoms with Gasteiger partial charge in [-0.25, -0.2) is 4.79 Å². The monoisotopic (exact) mass is 533 g/mol. The van der Waals surface area contributed by atoms with Crippen molar-refractivity contribution in [2.24, 2.45) is 11.7 Å². The van der Waals surface area contributed by atoms with E-state index >= 15 is 0 Å². The Morgan fingerprint density at radius 3 is 2.49 bits per heavy atom. The number of aromatic amines is 1. The number of hydrogen-bond donors (Lipinski definition) is 4. The minimum Gasteiger partial charge on any atom is -0.391 e. The van der Waals surface area contributed by atoms with E-state index in [2.05, 4.69) is 47.8 Å². The molecular formula is C32H47N5O2. The number of aromatic nitrogens is 2. The van der Waals surface area contributed by atoms with Gasteiger partial charge in [-0.15, -0.1) is 0 Å². The summed E-state index contributed by atoms with van der Waals surface area (Å²) in [7, 11) is 1.50. The first-order valence-electron chi connectivity index (χ1n) is 13.7. The van der Waals surface area contributed by atoms with Crippen molar-refractivity contribution in [2.45, 2.75) is 59.2 Å². The van der Waals surface area contributed by atoms with Crippen molar-refractivity contribution < 1.29 is 9.90 Å². The number of carbonyl (C=O) groups is 1. The molecule has 1 aliphatic rings. The van der Waals surface area contributed by atoms with Crippen LogP contribution in [0.2, 0.25) is 0 Å². The minimum atomic E-state index is -0.555. The zero-order chi connectivity index (χ0) is 29.0. The lowest BCUT2D eigenvalue weighted by Crippen LogP contribution is -2.45. The molecule has 1 saturated heterocycles. The minimum absolute atomic E-state index is 0.130. The average Bonchev–Trinajstić information content (AvgIpc) is 3.39. The summed E-state index contributed by atoms with van der Waals surface area (Å²) in [5.41, 5.74) is 7.63. The van der Waals surface area contributed by atoms with Gasteiger partial charge >= 0.3 is 6.03 Å². The summed E-state index contributed by atoms with van der Waals surface area (Å²) < 4.78 is 0. The number of nitrogens with two attached hydrogens (primary N) is 1. The Balaban J connectivity index is 0.000000498. The Morgan fingerprint density at radius 2 is 1.82 bits per heavy atom. The van der Waals surface area contributed by atoms with E-state index in [0.29, 0.717) is 31.8 Å². The van der Waals surface area contributed by atoms with Crippen LogP contribution in [0.4, 0.5) is 4.79 Å². The number of rotatable bonds is 7. The number of fused-ring (bicyclic) bond motifs is 1. The van der Waals surface area contributed by atoms with Crippen LogP contribution in [0.1, 0.15) is 45.2 Å². The van der Waals surface area contributed by atoms with Gasteiger partial charge in [-0.2, -0.15) is 5.10 Å². The summed E-state index contributed by atoms with van der Waals surface area (Å²) in [5.74, 6) is 0.638. The second-order valence-electron chi connectivity index (χ2n) is 9.06. The first kappa shape index (κ1) is 33.3. The lowest BCUT2D eigenvalue weighted by atomic mass is 10.00. The molecule has 7 nitrogen and oxygen atoms in total. The molecule has 39 heavy (non-hydrogen) atoms. The van der Waals surface area contributed by atoms with Crippen molar-refractivity contribution >= 4 is 16.9 Å². The van der Waals surface area contributed by atoms with Crippen LogP contribution >= 0.6 is 0 Å². The van der Waals surface area contributed by atoms with Gasteiger partial charge in [-0.1, -0.05) is 101 Å². The summed E-state index contributed by atoms with van der Waals surface area (Å²) in [6, 6.07) is 15.5. The fraction of sp³-hybridized carbons (Fsp3) is 0.375. The Morgan fingerprint density at radius 1 is 1.10 bits per heavy atom. The lowest BCUT2D eigenvalue weighted by molar-refractivity contribution is 0.128. The standard InChI is InChI=1S/C20H22N4O2.C9H14.C2H6.CH5N/c25-19-8-9-24(13-15-6-7-17-16(10-15)12-21-23-17)20(26)22-18(19)11-14-4-2-1-3-5-14;1-4-5-6-7-8-9(2)3;2*1-2/h1-7,10,12,18-19,25H,8-9,11,13H2,(H,21,23)(H,22,26);4-9H,1H2,2-3H3;1-2H3;2H2,1H3/b;6-5-,8-7-;;/t18-,19?;;;/m1.../s1. The normalized spacial score (nSPS) is 16.9. The highest BCUT2D eigenvalue weighted by Gasteiger charge is 2.29. The molecule has 0 spiro atoms. The molecule has 2 atom stereocenters. The highest BCUT2D eigenvalue weighted by atomic mass is 16.3. The summed E-state index contributed by atoms with van der Waals surface area (Å²) in [4.78, 5) is 14.4. The molecule has 1 unspecified atom stereocenters. The molecule has 0 saturated carbocycles. The number of allylic oxidation sites excluding steroid dienone is 5. The number of hydrogen-bond acceptors (Lipinski definition) is 4. The summed E-state index contributed by atoms with van der Waals surface area (Å²) in [5, 5.41) is 21.5. The fourth-order valence-corrected chi connectivity index (χ4v) is 3.88. The zero-order valence-electron chi connectivity index (χ0n) is 24.2. The van der Waals surface area contributed by atoms with E-state index in [-0.39, 0.29) is 12.1 Å². The third-order valence-corrected chi connectivity index (χ3v) is 5.79. The highest BCUT2D eigenvalue weighted by molar-refractivity contribution is 5.79. The molecule has 1 aliphatic heterocycles. The van der Waals surface area contributed by atoms with Crippen molar-refractivity contribution in [3.8, 4) is 0 Å². The van der Waals surface area contributed by atoms with Crippen molar-refractivity contribution in [1.82, 2.24) is 20.4 Å². The molecule has 2 aromatic carbocycles. The van der Waals surface area contributed by atoms with E-state index in [1.54, 1.807) is 17.2 Å². The molecular weight excluding hydrogens is 486 g/mol. The maximum absolute atomic E-state index is 12.7. The van der Waals surface area contributed by atoms with Gasteiger partial charge in [0.05, 0.1) is 23.9 Å². The SMILES string of the molecule is C=C/C=C\C=C/C(C)C.CC.CN.O=C1N[C@H](Cc2ccccc2)C(O)CCN1Cc1ccc2[nH]ncc2c1. The van der Waals surface area contributed by atoms with E-state index in [9.17, 15) is 9.90 Å². The van der Waals surface area contributed by atoms with Gasteiger partial charge in [-0.3, -0.25) is 5.10 Å². The number of nitrogens with zero attached hydrogens (tertiary/aromatic N) is 2. The number of carbonyl (C=O) groups excluding carboxylic acids is 1. The van der Waals surface area contributed by atoms with Gasteiger partial charge in [0.1, 0.15) is 0 Å². The zero-order valence-corrected chi connectivity index (χ0v) is 24.2. The molecule has 2 amide bonds. The van der Waals surface area contributed by atoms with Crippen LogP contribution in [0.5, 0.6) is 0 Å². The lowest BCUT2D eigenvalue weighted by Gasteiger charge is -2.22. The highest BCUT2D eigenvalue weighted by Crippen LogP contribution is 2.18. The quantitative estimate of drug-likeness (QED) is 0.280. The Labute approximate surface area is 234 Å². The Hall–Kier alpha value is -3.68. The fourth-order valence-electron chi connectivity index (χ4n) is 3.88. The van der Waals surface area contributed by atoms with Crippen LogP contribution < -0.4 is 11.1 Å². The van der Waals surface area contributed by atoms with Crippen molar-refractivity contribution in [3.63, 3.8) is 0 Å². The van der Waals surface area contributed by atoms with Gasteiger partial charge in [0, 0.05) is 18.5 Å². The van der Waals surface area contributed by atoms with Crippen LogP contribution in [-0.2, 0) is 13.0 Å². The first-order chi connectivity index (χ1) is 19.0. The Kier molecular flexibility index (Phi) is 16.6. The second kappa shape index (κ2) is 19.4. The molecule has 0 radical (unpaired) electrons. The van der Waals surface area contributed by atoms with E-state index in [0.717, 1.165) is 22.0 Å². The number of benzene rings is 2. The third-order valence-electron chi connectivity index (χ3n) is 5.79. The third kappa shape index (κ3) is 12.1. The topological polar surface area (TPSA) is 107 Å². The van der Waals surface area contributed by atoms with Crippen LogP contribution in [0.3, 0.4) is 0 Å². The molecule has 5 N–H and O–H groups in total. The number of aliphatic hydroxyl groups excluding tert-OH is 1. The predicted octanol–water partition coefficient (Wildman–Crippen LogP) is 5.99. The van der Waals surface area contributed by atoms with E-state index < -0.39 is 6.10 Å². The van der Waals surface area contributed by atoms with Gasteiger partial charge in [0.2, 0.25) is 0 Å². The molecule has 1 aromatic heterocycles. The largest absolute Gasteiger partial charge is 0.391 e. The van der Waals surface area contributed by atoms with E-state index in [1.165, 1.54) is 7.05 Å². The molecule has 4 rings (SSSR count). The summed E-state index contributed by atoms with van der Waals surface area (Å²) in [6.07, 6.45) is 12.2. The molecule has 0 bridgehead atoms. The number of nitrogens with one attached hydrogen (secondary N) is 2. The first-order valence-corrected chi connectivity index (χ1v) is 13.7. The Bertz CT molecular complexity index is 1140. The van der Waals surface area contributed by atoms with Crippen LogP contribution in [0, 0.1) is 5.92 Å². The van der Waals surface area contributed by atoms with Crippen molar-refractivity contribution in [3.05, 3.63) is 103 Å². The van der Waals surface area contributed by atoms with Crippen molar-refractivity contribution in [1.29, 1.82) is 0 Å². The maximum atomic E-state index is 12.7. The van der Waals surface area contributed by atoms with E-state index in [1.807, 2.05) is 80.6 Å². The molecule has 3 aromatic rings. The van der Waals surface area contributed by atoms with Gasteiger partial charge in [0.15, 0.2) is 0 Å². The number of H-pyrrole nitrogens is 1. The predicted molar refractivity (Wildman–Crippen MR) is 164 cm³/mol. The average molecular weight is 534 g/mol. The maximum Gasteiger partial charge on any atom is 0.318 e. The summed E-state index contributed by atoms with van der Waals surface area (Å²) in [6.45, 7) is 12.9. The molecule has 7 heteroatoms. The van der Waals surface area contributed by atoms with Gasteiger partial charge in [-0.05, 0) is 49.1 Å². The number of urea groups is 1. The summed E-state index contributed by atoms with van der Waals surface area (Å²) >= 11 is 0. The van der Waals surface area contributed by atoms with Crippen LogP contribution in [-0.4, -0.2) is 52.0 Å². The molecule has 212 valence electrons. The smallest absolute Gasteiger partial charge is 0.318 e. The number of amides is 2. The molecule has 0 aliphatic carbocycles.